The summed E-state index contributed by atoms with van der Waals surface area (Å²) in [6.07, 6.45) is -4.71. The summed E-state index contributed by atoms with van der Waals surface area (Å²) in [6, 6.07) is 11.0. The fourth-order valence-electron chi connectivity index (χ4n) is 2.36. The molecule has 0 fully saturated rings. The summed E-state index contributed by atoms with van der Waals surface area (Å²) in [7, 11) is 1.46. The fraction of sp³-hybridized carbons (Fsp3) is 0.300. The van der Waals surface area contributed by atoms with Crippen molar-refractivity contribution in [2.24, 2.45) is 0 Å². The van der Waals surface area contributed by atoms with E-state index in [2.05, 4.69) is 16.0 Å². The summed E-state index contributed by atoms with van der Waals surface area (Å²) >= 11 is 0. The molecule has 0 aliphatic heterocycles. The maximum absolute atomic E-state index is 13.0. The van der Waals surface area contributed by atoms with Crippen LogP contribution in [0.2, 0.25) is 0 Å². The number of hydrogen-bond acceptors (Lipinski definition) is 4. The number of hydrogen-bond donors (Lipinski definition) is 3. The molecule has 2 rings (SSSR count). The topological polar surface area (TPSA) is 88.7 Å². The highest BCUT2D eigenvalue weighted by Gasteiger charge is 2.31. The normalized spacial score (nSPS) is 10.9. The van der Waals surface area contributed by atoms with Crippen LogP contribution in [0.15, 0.2) is 48.5 Å². The van der Waals surface area contributed by atoms with Crippen molar-refractivity contribution in [1.29, 1.82) is 0 Å². The molecule has 2 aromatic rings. The van der Waals surface area contributed by atoms with E-state index in [1.807, 2.05) is 0 Å². The summed E-state index contributed by atoms with van der Waals surface area (Å²) in [5.41, 5.74) is -0.446. The number of carbonyl (C=O) groups excluding carboxylic acids is 2. The molecule has 0 aliphatic rings. The van der Waals surface area contributed by atoms with Crippen LogP contribution in [-0.2, 0) is 15.7 Å². The summed E-state index contributed by atoms with van der Waals surface area (Å²) in [5.74, 6) is -0.492. The van der Waals surface area contributed by atoms with Gasteiger partial charge >= 0.3 is 12.2 Å². The van der Waals surface area contributed by atoms with Crippen molar-refractivity contribution in [2.45, 2.75) is 12.6 Å². The average molecular weight is 425 g/mol. The second-order valence-electron chi connectivity index (χ2n) is 6.10. The number of carbonyl (C=O) groups is 2. The number of halogens is 3. The third-order valence-electron chi connectivity index (χ3n) is 3.80. The largest absolute Gasteiger partial charge is 0.489 e. The van der Waals surface area contributed by atoms with E-state index in [9.17, 15) is 22.8 Å². The van der Waals surface area contributed by atoms with E-state index >= 15 is 0 Å². The maximum Gasteiger partial charge on any atom is 0.416 e. The van der Waals surface area contributed by atoms with Crippen molar-refractivity contribution in [3.8, 4) is 5.75 Å². The van der Waals surface area contributed by atoms with Crippen molar-refractivity contribution in [3.63, 3.8) is 0 Å². The zero-order valence-corrected chi connectivity index (χ0v) is 16.2. The zero-order valence-electron chi connectivity index (χ0n) is 16.2. The number of rotatable bonds is 9. The van der Waals surface area contributed by atoms with E-state index in [-0.39, 0.29) is 37.6 Å². The predicted octanol–water partition coefficient (Wildman–Crippen LogP) is 3.88. The average Bonchev–Trinajstić information content (AvgIpc) is 2.69. The van der Waals surface area contributed by atoms with Crippen LogP contribution in [0.25, 0.3) is 0 Å². The van der Waals surface area contributed by atoms with Crippen LogP contribution in [0.3, 0.4) is 0 Å². The number of urea groups is 1. The fourth-order valence-corrected chi connectivity index (χ4v) is 2.36. The van der Waals surface area contributed by atoms with Gasteiger partial charge in [-0.05, 0) is 30.3 Å². The zero-order chi connectivity index (χ0) is 22.0. The third-order valence-corrected chi connectivity index (χ3v) is 3.80. The standard InChI is InChI=1S/C20H22F3N3O4/c1-29-11-12-30-17-8-7-14(20(21,22)23)13-16(17)26-18(27)9-10-24-19(28)25-15-5-3-2-4-6-15/h2-8,13H,9-12H2,1H3,(H,26,27)(H2,24,25,28). The van der Waals surface area contributed by atoms with Crippen molar-refractivity contribution in [3.05, 3.63) is 54.1 Å². The molecule has 0 spiro atoms. The summed E-state index contributed by atoms with van der Waals surface area (Å²) in [6.45, 7) is 0.324. The third kappa shape index (κ3) is 7.63. The molecule has 162 valence electrons. The van der Waals surface area contributed by atoms with Crippen molar-refractivity contribution in [2.75, 3.05) is 37.5 Å². The molecule has 0 radical (unpaired) electrons. The minimum Gasteiger partial charge on any atom is -0.489 e. The Bertz CT molecular complexity index is 845. The molecule has 10 heteroatoms. The van der Waals surface area contributed by atoms with E-state index in [0.29, 0.717) is 5.69 Å². The van der Waals surface area contributed by atoms with Gasteiger partial charge in [0.05, 0.1) is 17.9 Å². The predicted molar refractivity (Wildman–Crippen MR) is 106 cm³/mol. The Morgan fingerprint density at radius 2 is 1.73 bits per heavy atom. The first-order valence-electron chi connectivity index (χ1n) is 9.02. The molecule has 0 aromatic heterocycles. The van der Waals surface area contributed by atoms with Crippen LogP contribution in [0, 0.1) is 0 Å². The Morgan fingerprint density at radius 1 is 1.00 bits per heavy atom. The summed E-state index contributed by atoms with van der Waals surface area (Å²) in [5, 5.41) is 7.49. The molecule has 7 nitrogen and oxygen atoms in total. The van der Waals surface area contributed by atoms with Gasteiger partial charge < -0.3 is 25.4 Å². The highest BCUT2D eigenvalue weighted by Crippen LogP contribution is 2.35. The molecule has 0 bridgehead atoms. The van der Waals surface area contributed by atoms with Gasteiger partial charge in [0.15, 0.2) is 0 Å². The van der Waals surface area contributed by atoms with E-state index in [1.54, 1.807) is 30.3 Å². The van der Waals surface area contributed by atoms with Crippen LogP contribution in [0.1, 0.15) is 12.0 Å². The molecule has 0 heterocycles. The van der Waals surface area contributed by atoms with E-state index in [0.717, 1.165) is 18.2 Å². The lowest BCUT2D eigenvalue weighted by molar-refractivity contribution is -0.137. The van der Waals surface area contributed by atoms with Crippen LogP contribution >= 0.6 is 0 Å². The quantitative estimate of drug-likeness (QED) is 0.532. The van der Waals surface area contributed by atoms with Gasteiger partial charge in [-0.2, -0.15) is 13.2 Å². The molecule has 0 atom stereocenters. The maximum atomic E-state index is 13.0. The summed E-state index contributed by atoms with van der Waals surface area (Å²) < 4.78 is 49.2. The Hall–Kier alpha value is -3.27. The molecule has 3 amide bonds. The molecule has 0 saturated carbocycles. The van der Waals surface area contributed by atoms with Gasteiger partial charge in [-0.1, -0.05) is 18.2 Å². The van der Waals surface area contributed by atoms with E-state index in [1.165, 1.54) is 7.11 Å². The Balaban J connectivity index is 1.92. The smallest absolute Gasteiger partial charge is 0.416 e. The number of alkyl halides is 3. The highest BCUT2D eigenvalue weighted by atomic mass is 19.4. The van der Waals surface area contributed by atoms with Gasteiger partial charge in [-0.3, -0.25) is 4.79 Å². The molecular formula is C20H22F3N3O4. The number of nitrogens with one attached hydrogen (secondary N) is 3. The molecule has 0 saturated heterocycles. The molecule has 30 heavy (non-hydrogen) atoms. The number of para-hydroxylation sites is 1. The van der Waals surface area contributed by atoms with Crippen LogP contribution in [0.4, 0.5) is 29.3 Å². The van der Waals surface area contributed by atoms with Crippen LogP contribution in [-0.4, -0.2) is 38.8 Å². The second-order valence-corrected chi connectivity index (χ2v) is 6.10. The lowest BCUT2D eigenvalue weighted by Gasteiger charge is -2.15. The number of anilines is 2. The Kier molecular flexibility index (Phi) is 8.48. The monoisotopic (exact) mass is 425 g/mol. The minimum atomic E-state index is -4.57. The SMILES string of the molecule is COCCOc1ccc(C(F)(F)F)cc1NC(=O)CCNC(=O)Nc1ccccc1. The van der Waals surface area contributed by atoms with Gasteiger partial charge in [0, 0.05) is 25.8 Å². The van der Waals surface area contributed by atoms with E-state index < -0.39 is 23.7 Å². The van der Waals surface area contributed by atoms with Crippen molar-refractivity contribution in [1.82, 2.24) is 5.32 Å². The lowest BCUT2D eigenvalue weighted by atomic mass is 10.1. The number of ether oxygens (including phenoxy) is 2. The van der Waals surface area contributed by atoms with E-state index in [4.69, 9.17) is 9.47 Å². The summed E-state index contributed by atoms with van der Waals surface area (Å²) in [4.78, 5) is 23.9. The molecule has 0 aliphatic carbocycles. The van der Waals surface area contributed by atoms with Gasteiger partial charge in [0.1, 0.15) is 12.4 Å². The van der Waals surface area contributed by atoms with Gasteiger partial charge in [-0.25, -0.2) is 4.79 Å². The van der Waals surface area contributed by atoms with Gasteiger partial charge in [0.2, 0.25) is 5.91 Å². The van der Waals surface area contributed by atoms with Crippen molar-refractivity contribution >= 4 is 23.3 Å². The number of benzene rings is 2. The first-order valence-corrected chi connectivity index (χ1v) is 9.02. The Labute approximate surface area is 171 Å². The molecule has 0 unspecified atom stereocenters. The first-order chi connectivity index (χ1) is 14.3. The first kappa shape index (κ1) is 23.0. The van der Waals surface area contributed by atoms with Crippen molar-refractivity contribution < 1.29 is 32.2 Å². The molecule has 2 aromatic carbocycles. The van der Waals surface area contributed by atoms with Crippen LogP contribution < -0.4 is 20.7 Å². The lowest BCUT2D eigenvalue weighted by Crippen LogP contribution is -2.31. The second kappa shape index (κ2) is 11.1. The molecular weight excluding hydrogens is 403 g/mol. The van der Waals surface area contributed by atoms with Gasteiger partial charge in [0.25, 0.3) is 0 Å². The molecule has 3 N–H and O–H groups in total. The minimum absolute atomic E-state index is 0.0106. The Morgan fingerprint density at radius 3 is 2.40 bits per heavy atom. The highest BCUT2D eigenvalue weighted by molar-refractivity contribution is 5.93. The number of methoxy groups -OCH3 is 1. The number of amides is 3. The van der Waals surface area contributed by atoms with Gasteiger partial charge in [-0.15, -0.1) is 0 Å². The van der Waals surface area contributed by atoms with Crippen LogP contribution in [0.5, 0.6) is 5.75 Å².